The van der Waals surface area contributed by atoms with Gasteiger partial charge in [0, 0.05) is 31.3 Å². The normalized spacial score (nSPS) is 21.6. The second-order valence-corrected chi connectivity index (χ2v) is 5.76. The van der Waals surface area contributed by atoms with Crippen LogP contribution in [-0.2, 0) is 6.54 Å². The van der Waals surface area contributed by atoms with E-state index in [1.54, 1.807) is 12.1 Å². The van der Waals surface area contributed by atoms with Crippen molar-refractivity contribution in [1.82, 2.24) is 10.2 Å². The molecule has 0 aliphatic carbocycles. The van der Waals surface area contributed by atoms with Gasteiger partial charge in [-0.05, 0) is 44.8 Å². The minimum atomic E-state index is -0.363. The highest BCUT2D eigenvalue weighted by Gasteiger charge is 2.22. The van der Waals surface area contributed by atoms with Crippen LogP contribution in [0.15, 0.2) is 24.3 Å². The van der Waals surface area contributed by atoms with Crippen LogP contribution in [0.25, 0.3) is 0 Å². The molecule has 1 aliphatic rings. The number of non-ortho nitro benzene ring substituents is 1. The van der Waals surface area contributed by atoms with Gasteiger partial charge in [0.2, 0.25) is 0 Å². The van der Waals surface area contributed by atoms with E-state index in [0.29, 0.717) is 12.0 Å². The Bertz CT molecular complexity index is 447. The van der Waals surface area contributed by atoms with Crippen molar-refractivity contribution in [3.63, 3.8) is 0 Å². The zero-order valence-electron chi connectivity index (χ0n) is 12.2. The van der Waals surface area contributed by atoms with Crippen LogP contribution in [0.5, 0.6) is 0 Å². The number of nitro benzene ring substituents is 1. The van der Waals surface area contributed by atoms with Gasteiger partial charge in [0.1, 0.15) is 0 Å². The number of rotatable bonds is 5. The van der Waals surface area contributed by atoms with Gasteiger partial charge in [-0.1, -0.05) is 12.1 Å². The highest BCUT2D eigenvalue weighted by molar-refractivity contribution is 5.32. The summed E-state index contributed by atoms with van der Waals surface area (Å²) in [5, 5.41) is 14.1. The lowest BCUT2D eigenvalue weighted by atomic mass is 9.92. The van der Waals surface area contributed by atoms with Crippen LogP contribution >= 0.6 is 0 Å². The third kappa shape index (κ3) is 4.02. The molecule has 1 heterocycles. The number of nitrogens with zero attached hydrogens (tertiary/aromatic N) is 2. The Hall–Kier alpha value is -1.46. The Morgan fingerprint density at radius 3 is 2.75 bits per heavy atom. The van der Waals surface area contributed by atoms with E-state index in [1.807, 2.05) is 12.1 Å². The lowest BCUT2D eigenvalue weighted by molar-refractivity contribution is -0.384. The van der Waals surface area contributed by atoms with Gasteiger partial charge in [-0.3, -0.25) is 10.1 Å². The molecule has 1 aromatic carbocycles. The van der Waals surface area contributed by atoms with E-state index in [9.17, 15) is 10.1 Å². The Balaban J connectivity index is 1.83. The highest BCUT2D eigenvalue weighted by atomic mass is 16.6. The number of hydrogen-bond acceptors (Lipinski definition) is 4. The van der Waals surface area contributed by atoms with E-state index < -0.39 is 0 Å². The molecular weight excluding hydrogens is 254 g/mol. The highest BCUT2D eigenvalue weighted by Crippen LogP contribution is 2.19. The summed E-state index contributed by atoms with van der Waals surface area (Å²) < 4.78 is 0. The van der Waals surface area contributed by atoms with Crippen LogP contribution in [0.2, 0.25) is 0 Å². The fraction of sp³-hybridized carbons (Fsp3) is 0.600. The maximum Gasteiger partial charge on any atom is 0.269 e. The zero-order valence-corrected chi connectivity index (χ0v) is 12.2. The molecule has 0 radical (unpaired) electrons. The Morgan fingerprint density at radius 1 is 1.45 bits per heavy atom. The Kier molecular flexibility index (Phi) is 5.09. The first kappa shape index (κ1) is 14.9. The van der Waals surface area contributed by atoms with Crippen molar-refractivity contribution in [3.8, 4) is 0 Å². The van der Waals surface area contributed by atoms with Gasteiger partial charge < -0.3 is 10.2 Å². The van der Waals surface area contributed by atoms with Gasteiger partial charge >= 0.3 is 0 Å². The van der Waals surface area contributed by atoms with E-state index in [4.69, 9.17) is 0 Å². The van der Waals surface area contributed by atoms with Gasteiger partial charge in [0.15, 0.2) is 0 Å². The minimum Gasteiger partial charge on any atom is -0.310 e. The third-order valence-corrected chi connectivity index (χ3v) is 4.14. The fourth-order valence-corrected chi connectivity index (χ4v) is 2.80. The molecule has 2 rings (SSSR count). The molecule has 110 valence electrons. The molecule has 0 spiro atoms. The molecule has 0 saturated carbocycles. The van der Waals surface area contributed by atoms with Crippen LogP contribution in [0, 0.1) is 16.0 Å². The maximum atomic E-state index is 10.6. The van der Waals surface area contributed by atoms with Crippen molar-refractivity contribution in [2.75, 3.05) is 20.1 Å². The molecule has 5 nitrogen and oxygen atoms in total. The number of piperidine rings is 1. The summed E-state index contributed by atoms with van der Waals surface area (Å²) >= 11 is 0. The summed E-state index contributed by atoms with van der Waals surface area (Å²) in [6.45, 7) is 5.34. The van der Waals surface area contributed by atoms with Crippen molar-refractivity contribution in [1.29, 1.82) is 0 Å². The molecule has 0 aromatic heterocycles. The predicted molar refractivity (Wildman–Crippen MR) is 79.6 cm³/mol. The summed E-state index contributed by atoms with van der Waals surface area (Å²) in [5.74, 6) is 0.687. The van der Waals surface area contributed by atoms with Crippen molar-refractivity contribution in [2.24, 2.45) is 5.92 Å². The van der Waals surface area contributed by atoms with Crippen LogP contribution in [0.3, 0.4) is 0 Å². The average Bonchev–Trinajstić information content (AvgIpc) is 2.45. The van der Waals surface area contributed by atoms with Crippen LogP contribution < -0.4 is 5.32 Å². The molecule has 20 heavy (non-hydrogen) atoms. The van der Waals surface area contributed by atoms with E-state index >= 15 is 0 Å². The number of benzene rings is 1. The van der Waals surface area contributed by atoms with Gasteiger partial charge in [0.05, 0.1) is 4.92 Å². The Labute approximate surface area is 120 Å². The third-order valence-electron chi connectivity index (χ3n) is 4.14. The SMILES string of the molecule is CC(NCc1ccc([N+](=O)[O-])cc1)C1CCCN(C)C1. The topological polar surface area (TPSA) is 58.4 Å². The second kappa shape index (κ2) is 6.81. The van der Waals surface area contributed by atoms with Gasteiger partial charge in [-0.25, -0.2) is 0 Å². The maximum absolute atomic E-state index is 10.6. The first-order valence-electron chi connectivity index (χ1n) is 7.21. The minimum absolute atomic E-state index is 0.149. The molecule has 0 amide bonds. The van der Waals surface area contributed by atoms with Crippen molar-refractivity contribution < 1.29 is 4.92 Å². The first-order valence-corrected chi connectivity index (χ1v) is 7.21. The van der Waals surface area contributed by atoms with Crippen LogP contribution in [0.4, 0.5) is 5.69 Å². The summed E-state index contributed by atoms with van der Waals surface area (Å²) in [6.07, 6.45) is 2.55. The molecule has 1 fully saturated rings. The molecule has 1 aromatic rings. The predicted octanol–water partition coefficient (Wildman–Crippen LogP) is 2.41. The number of hydrogen-bond donors (Lipinski definition) is 1. The second-order valence-electron chi connectivity index (χ2n) is 5.76. The molecule has 0 bridgehead atoms. The molecule has 1 aliphatic heterocycles. The van der Waals surface area contributed by atoms with Crippen molar-refractivity contribution in [2.45, 2.75) is 32.4 Å². The average molecular weight is 277 g/mol. The van der Waals surface area contributed by atoms with E-state index in [0.717, 1.165) is 18.7 Å². The quantitative estimate of drug-likeness (QED) is 0.663. The smallest absolute Gasteiger partial charge is 0.269 e. The number of likely N-dealkylation sites (tertiary alicyclic amines) is 1. The number of nitrogens with one attached hydrogen (secondary N) is 1. The molecule has 1 saturated heterocycles. The largest absolute Gasteiger partial charge is 0.310 e. The standard InChI is InChI=1S/C15H23N3O2/c1-12(14-4-3-9-17(2)11-14)16-10-13-5-7-15(8-6-13)18(19)20/h5-8,12,14,16H,3-4,9-11H2,1-2H3. The summed E-state index contributed by atoms with van der Waals surface area (Å²) in [5.41, 5.74) is 1.24. The summed E-state index contributed by atoms with van der Waals surface area (Å²) in [6, 6.07) is 7.25. The number of nitro groups is 1. The van der Waals surface area contributed by atoms with Crippen LogP contribution in [0.1, 0.15) is 25.3 Å². The van der Waals surface area contributed by atoms with Crippen molar-refractivity contribution in [3.05, 3.63) is 39.9 Å². The molecule has 5 heteroatoms. The fourth-order valence-electron chi connectivity index (χ4n) is 2.80. The van der Waals surface area contributed by atoms with Crippen LogP contribution in [-0.4, -0.2) is 36.0 Å². The zero-order chi connectivity index (χ0) is 14.5. The van der Waals surface area contributed by atoms with Gasteiger partial charge in [-0.2, -0.15) is 0 Å². The van der Waals surface area contributed by atoms with Crippen molar-refractivity contribution >= 4 is 5.69 Å². The molecule has 2 unspecified atom stereocenters. The monoisotopic (exact) mass is 277 g/mol. The van der Waals surface area contributed by atoms with E-state index in [1.165, 1.54) is 19.4 Å². The van der Waals surface area contributed by atoms with Gasteiger partial charge in [-0.15, -0.1) is 0 Å². The lowest BCUT2D eigenvalue weighted by Gasteiger charge is -2.34. The molecule has 2 atom stereocenters. The molecule has 1 N–H and O–H groups in total. The first-order chi connectivity index (χ1) is 9.56. The summed E-state index contributed by atoms with van der Waals surface area (Å²) in [7, 11) is 2.18. The lowest BCUT2D eigenvalue weighted by Crippen LogP contribution is -2.42. The summed E-state index contributed by atoms with van der Waals surface area (Å²) in [4.78, 5) is 12.6. The Morgan fingerprint density at radius 2 is 2.15 bits per heavy atom. The molecular formula is C15H23N3O2. The van der Waals surface area contributed by atoms with E-state index in [2.05, 4.69) is 24.2 Å². The van der Waals surface area contributed by atoms with Gasteiger partial charge in [0.25, 0.3) is 5.69 Å². The van der Waals surface area contributed by atoms with E-state index in [-0.39, 0.29) is 10.6 Å².